The molecule has 0 amide bonds. The standard InChI is InChI=1S/C18H17ClF2O4/c19-18(20,21)11-10-17(22)24-13-12-23-14-6-8-16(9-7-14)25-15-4-2-1-3-5-15/h1-9H,10-13H2. The second kappa shape index (κ2) is 9.22. The first-order chi connectivity index (χ1) is 11.9. The van der Waals surface area contributed by atoms with Crippen molar-refractivity contribution in [2.45, 2.75) is 18.2 Å². The first kappa shape index (κ1) is 19.0. The maximum atomic E-state index is 12.4. The molecular weight excluding hydrogens is 354 g/mol. The minimum Gasteiger partial charge on any atom is -0.490 e. The molecule has 4 nitrogen and oxygen atoms in total. The van der Waals surface area contributed by atoms with Crippen molar-refractivity contribution < 1.29 is 27.8 Å². The minimum atomic E-state index is -3.39. The average Bonchev–Trinajstić information content (AvgIpc) is 2.59. The van der Waals surface area contributed by atoms with Gasteiger partial charge in [-0.2, -0.15) is 8.78 Å². The van der Waals surface area contributed by atoms with Gasteiger partial charge in [-0.3, -0.25) is 4.79 Å². The molecule has 0 aliphatic heterocycles. The SMILES string of the molecule is O=C(CCC(F)(F)Cl)OCCOc1ccc(Oc2ccccc2)cc1. The predicted octanol–water partition coefficient (Wildman–Crippen LogP) is 5.01. The number of carbonyl (C=O) groups is 1. The van der Waals surface area contributed by atoms with E-state index in [-0.39, 0.29) is 13.2 Å². The summed E-state index contributed by atoms with van der Waals surface area (Å²) < 4.78 is 40.6. The van der Waals surface area contributed by atoms with Crippen molar-refractivity contribution in [3.05, 3.63) is 54.6 Å². The number of para-hydroxylation sites is 1. The molecule has 0 heterocycles. The molecule has 0 saturated carbocycles. The number of hydrogen-bond acceptors (Lipinski definition) is 4. The molecule has 0 bridgehead atoms. The van der Waals surface area contributed by atoms with Crippen LogP contribution in [0, 0.1) is 0 Å². The Labute approximate surface area is 149 Å². The van der Waals surface area contributed by atoms with Crippen molar-refractivity contribution in [3.63, 3.8) is 0 Å². The lowest BCUT2D eigenvalue weighted by atomic mass is 10.3. The lowest BCUT2D eigenvalue weighted by Crippen LogP contribution is -2.15. The molecule has 0 radical (unpaired) electrons. The zero-order chi connectivity index (χ0) is 18.1. The summed E-state index contributed by atoms with van der Waals surface area (Å²) in [6.07, 6.45) is -1.20. The zero-order valence-corrected chi connectivity index (χ0v) is 14.0. The van der Waals surface area contributed by atoms with Gasteiger partial charge in [0, 0.05) is 6.42 Å². The van der Waals surface area contributed by atoms with E-state index in [1.165, 1.54) is 0 Å². The van der Waals surface area contributed by atoms with E-state index in [2.05, 4.69) is 0 Å². The van der Waals surface area contributed by atoms with Gasteiger partial charge >= 0.3 is 11.4 Å². The summed E-state index contributed by atoms with van der Waals surface area (Å²) in [5.74, 6) is 1.22. The van der Waals surface area contributed by atoms with Crippen LogP contribution in [-0.4, -0.2) is 24.6 Å². The van der Waals surface area contributed by atoms with Crippen molar-refractivity contribution in [1.29, 1.82) is 0 Å². The molecule has 0 aliphatic rings. The molecule has 0 saturated heterocycles. The topological polar surface area (TPSA) is 44.8 Å². The van der Waals surface area contributed by atoms with Crippen molar-refractivity contribution >= 4 is 17.6 Å². The second-order valence-corrected chi connectivity index (χ2v) is 5.62. The van der Waals surface area contributed by atoms with Gasteiger partial charge in [0.2, 0.25) is 0 Å². The molecule has 0 aliphatic carbocycles. The Morgan fingerprint density at radius 3 is 2.16 bits per heavy atom. The lowest BCUT2D eigenvalue weighted by Gasteiger charge is -2.10. The van der Waals surface area contributed by atoms with Crippen LogP contribution >= 0.6 is 11.6 Å². The fraction of sp³-hybridized carbons (Fsp3) is 0.278. The molecule has 7 heteroatoms. The van der Waals surface area contributed by atoms with Crippen molar-refractivity contribution in [2.75, 3.05) is 13.2 Å². The number of benzene rings is 2. The van der Waals surface area contributed by atoms with Crippen LogP contribution in [0.15, 0.2) is 54.6 Å². The fourth-order valence-corrected chi connectivity index (χ4v) is 1.95. The molecule has 25 heavy (non-hydrogen) atoms. The number of rotatable bonds is 9. The van der Waals surface area contributed by atoms with Gasteiger partial charge in [-0.25, -0.2) is 0 Å². The summed E-state index contributed by atoms with van der Waals surface area (Å²) in [7, 11) is 0. The highest BCUT2D eigenvalue weighted by atomic mass is 35.5. The van der Waals surface area contributed by atoms with Crippen LogP contribution in [-0.2, 0) is 9.53 Å². The lowest BCUT2D eigenvalue weighted by molar-refractivity contribution is -0.145. The van der Waals surface area contributed by atoms with E-state index >= 15 is 0 Å². The van der Waals surface area contributed by atoms with Crippen LogP contribution in [0.1, 0.15) is 12.8 Å². The van der Waals surface area contributed by atoms with Gasteiger partial charge in [0.25, 0.3) is 0 Å². The first-order valence-corrected chi connectivity index (χ1v) is 7.98. The third-order valence-electron chi connectivity index (χ3n) is 3.03. The highest BCUT2D eigenvalue weighted by molar-refractivity contribution is 6.21. The van der Waals surface area contributed by atoms with Gasteiger partial charge in [0.05, 0.1) is 6.42 Å². The molecule has 0 unspecified atom stereocenters. The van der Waals surface area contributed by atoms with Crippen LogP contribution in [0.25, 0.3) is 0 Å². The van der Waals surface area contributed by atoms with Crippen LogP contribution < -0.4 is 9.47 Å². The van der Waals surface area contributed by atoms with Gasteiger partial charge in [-0.05, 0) is 48.0 Å². The average molecular weight is 371 g/mol. The van der Waals surface area contributed by atoms with Gasteiger partial charge in [-0.15, -0.1) is 0 Å². The quantitative estimate of drug-likeness (QED) is 0.353. The van der Waals surface area contributed by atoms with Crippen LogP contribution in [0.5, 0.6) is 17.2 Å². The number of ether oxygens (including phenoxy) is 3. The maximum absolute atomic E-state index is 12.4. The molecule has 0 N–H and O–H groups in total. The number of esters is 1. The molecule has 0 atom stereocenters. The zero-order valence-electron chi connectivity index (χ0n) is 13.3. The monoisotopic (exact) mass is 370 g/mol. The van der Waals surface area contributed by atoms with Gasteiger partial charge < -0.3 is 14.2 Å². The number of halogens is 3. The van der Waals surface area contributed by atoms with E-state index < -0.39 is 24.2 Å². The Morgan fingerprint density at radius 1 is 0.920 bits per heavy atom. The normalized spacial score (nSPS) is 11.0. The molecule has 0 spiro atoms. The van der Waals surface area contributed by atoms with Crippen molar-refractivity contribution in [2.24, 2.45) is 0 Å². The predicted molar refractivity (Wildman–Crippen MR) is 89.4 cm³/mol. The first-order valence-electron chi connectivity index (χ1n) is 7.60. The van der Waals surface area contributed by atoms with E-state index in [4.69, 9.17) is 25.8 Å². The van der Waals surface area contributed by atoms with E-state index in [1.54, 1.807) is 24.3 Å². The summed E-state index contributed by atoms with van der Waals surface area (Å²) in [6.45, 7) is 0.0802. The second-order valence-electron chi connectivity index (χ2n) is 5.07. The summed E-state index contributed by atoms with van der Waals surface area (Å²) in [4.78, 5) is 11.2. The third-order valence-corrected chi connectivity index (χ3v) is 3.22. The third kappa shape index (κ3) is 7.85. The van der Waals surface area contributed by atoms with Crippen LogP contribution in [0.4, 0.5) is 8.78 Å². The molecule has 0 fully saturated rings. The van der Waals surface area contributed by atoms with E-state index in [9.17, 15) is 13.6 Å². The molecule has 134 valence electrons. The highest BCUT2D eigenvalue weighted by Gasteiger charge is 2.25. The van der Waals surface area contributed by atoms with Gasteiger partial charge in [0.1, 0.15) is 30.5 Å². The van der Waals surface area contributed by atoms with Crippen LogP contribution in [0.3, 0.4) is 0 Å². The van der Waals surface area contributed by atoms with E-state index in [0.29, 0.717) is 11.5 Å². The number of hydrogen-bond donors (Lipinski definition) is 0. The molecule has 2 aromatic rings. The van der Waals surface area contributed by atoms with Gasteiger partial charge in [0.15, 0.2) is 0 Å². The highest BCUT2D eigenvalue weighted by Crippen LogP contribution is 2.25. The number of carbonyl (C=O) groups excluding carboxylic acids is 1. The molecule has 2 aromatic carbocycles. The summed E-state index contributed by atoms with van der Waals surface area (Å²) in [6, 6.07) is 16.3. The Bertz CT molecular complexity index is 657. The summed E-state index contributed by atoms with van der Waals surface area (Å²) >= 11 is 4.71. The Kier molecular flexibility index (Phi) is 7.01. The van der Waals surface area contributed by atoms with Crippen molar-refractivity contribution in [1.82, 2.24) is 0 Å². The largest absolute Gasteiger partial charge is 0.490 e. The maximum Gasteiger partial charge on any atom is 0.322 e. The summed E-state index contributed by atoms with van der Waals surface area (Å²) in [5, 5.41) is -3.39. The van der Waals surface area contributed by atoms with E-state index in [1.807, 2.05) is 30.3 Å². The molecule has 0 aromatic heterocycles. The Balaban J connectivity index is 1.67. The number of alkyl halides is 3. The van der Waals surface area contributed by atoms with E-state index in [0.717, 1.165) is 5.75 Å². The van der Waals surface area contributed by atoms with Crippen molar-refractivity contribution in [3.8, 4) is 17.2 Å². The smallest absolute Gasteiger partial charge is 0.322 e. The Morgan fingerprint density at radius 2 is 1.52 bits per heavy atom. The minimum absolute atomic E-state index is 0.0328. The molecular formula is C18H17ClF2O4. The molecule has 2 rings (SSSR count). The van der Waals surface area contributed by atoms with Crippen LogP contribution in [0.2, 0.25) is 0 Å². The summed E-state index contributed by atoms with van der Waals surface area (Å²) in [5.41, 5.74) is 0. The Hall–Kier alpha value is -2.34. The fourth-order valence-electron chi connectivity index (χ4n) is 1.86. The van der Waals surface area contributed by atoms with Gasteiger partial charge in [-0.1, -0.05) is 18.2 Å².